The number of hydrogen-bond acceptors (Lipinski definition) is 3. The van der Waals surface area contributed by atoms with Gasteiger partial charge < -0.3 is 4.52 Å². The quantitative estimate of drug-likeness (QED) is 0.698. The van der Waals surface area contributed by atoms with E-state index in [2.05, 4.69) is 5.16 Å². The van der Waals surface area contributed by atoms with Crippen molar-refractivity contribution < 1.29 is 9.32 Å². The first-order valence-corrected chi connectivity index (χ1v) is 4.23. The molecule has 0 saturated carbocycles. The van der Waals surface area contributed by atoms with Crippen LogP contribution in [0.3, 0.4) is 0 Å². The molecule has 0 atom stereocenters. The number of carbonyl (C=O) groups is 1. The Hall–Kier alpha value is -1.32. The molecule has 13 heavy (non-hydrogen) atoms. The first-order valence-electron chi connectivity index (χ1n) is 4.23. The van der Waals surface area contributed by atoms with Crippen LogP contribution in [-0.2, 0) is 4.79 Å². The molecular formula is C9H14N2O2. The van der Waals surface area contributed by atoms with Gasteiger partial charge in [-0.15, -0.1) is 0 Å². The van der Waals surface area contributed by atoms with Gasteiger partial charge in [0.25, 0.3) is 0 Å². The van der Waals surface area contributed by atoms with Gasteiger partial charge in [0.1, 0.15) is 5.76 Å². The van der Waals surface area contributed by atoms with Crippen molar-refractivity contribution in [3.8, 4) is 0 Å². The summed E-state index contributed by atoms with van der Waals surface area (Å²) < 4.78 is 4.87. The summed E-state index contributed by atoms with van der Waals surface area (Å²) in [5.74, 6) is 1.28. The number of rotatable bonds is 2. The summed E-state index contributed by atoms with van der Waals surface area (Å²) in [7, 11) is 1.69. The Bertz CT molecular complexity index is 304. The summed E-state index contributed by atoms with van der Waals surface area (Å²) in [5.41, 5.74) is 0. The molecule has 0 fully saturated rings. The summed E-state index contributed by atoms with van der Waals surface area (Å²) in [6, 6.07) is 1.74. The molecule has 0 radical (unpaired) electrons. The largest absolute Gasteiger partial charge is 0.360 e. The molecule has 1 aromatic rings. The molecule has 0 spiro atoms. The van der Waals surface area contributed by atoms with Gasteiger partial charge in [0, 0.05) is 19.0 Å². The van der Waals surface area contributed by atoms with E-state index in [0.717, 1.165) is 0 Å². The first-order chi connectivity index (χ1) is 6.02. The summed E-state index contributed by atoms with van der Waals surface area (Å²) in [6.45, 7) is 5.50. The minimum atomic E-state index is -0.0259. The fraction of sp³-hybridized carbons (Fsp3) is 0.556. The molecule has 1 rings (SSSR count). The monoisotopic (exact) mass is 182 g/mol. The van der Waals surface area contributed by atoms with Crippen molar-refractivity contribution in [3.05, 3.63) is 11.8 Å². The van der Waals surface area contributed by atoms with Crippen LogP contribution in [0.1, 0.15) is 19.6 Å². The summed E-state index contributed by atoms with van der Waals surface area (Å²) in [6.07, 6.45) is 0. The number of aromatic nitrogens is 1. The number of nitrogens with zero attached hydrogens (tertiary/aromatic N) is 2. The second-order valence-corrected chi connectivity index (χ2v) is 3.35. The second kappa shape index (κ2) is 3.60. The Morgan fingerprint density at radius 2 is 2.23 bits per heavy atom. The zero-order valence-corrected chi connectivity index (χ0v) is 8.37. The van der Waals surface area contributed by atoms with Crippen LogP contribution in [0, 0.1) is 12.8 Å². The maximum Gasteiger partial charge on any atom is 0.230 e. The Kier molecular flexibility index (Phi) is 2.70. The molecule has 1 heterocycles. The first kappa shape index (κ1) is 9.77. The van der Waals surface area contributed by atoms with Crippen molar-refractivity contribution in [3.63, 3.8) is 0 Å². The molecule has 0 N–H and O–H groups in total. The summed E-state index contributed by atoms with van der Waals surface area (Å²) in [5, 5.41) is 3.75. The average Bonchev–Trinajstić information content (AvgIpc) is 2.49. The molecule has 0 bridgehead atoms. The standard InChI is InChI=1S/C9H14N2O2/c1-6(2)9(12)11(4)8-5-7(3)13-10-8/h5-6H,1-4H3. The van der Waals surface area contributed by atoms with Crippen LogP contribution in [0.25, 0.3) is 0 Å². The van der Waals surface area contributed by atoms with E-state index in [9.17, 15) is 4.79 Å². The highest BCUT2D eigenvalue weighted by molar-refractivity contribution is 5.93. The molecule has 0 saturated heterocycles. The number of hydrogen-bond donors (Lipinski definition) is 0. The molecule has 0 aliphatic carbocycles. The fourth-order valence-corrected chi connectivity index (χ4v) is 1.01. The van der Waals surface area contributed by atoms with Crippen molar-refractivity contribution in [1.29, 1.82) is 0 Å². The maximum atomic E-state index is 11.5. The lowest BCUT2D eigenvalue weighted by Crippen LogP contribution is -2.30. The molecule has 4 nitrogen and oxygen atoms in total. The molecule has 1 aromatic heterocycles. The highest BCUT2D eigenvalue weighted by atomic mass is 16.5. The lowest BCUT2D eigenvalue weighted by molar-refractivity contribution is -0.121. The molecule has 0 aliphatic heterocycles. The van der Waals surface area contributed by atoms with Gasteiger partial charge >= 0.3 is 0 Å². The number of anilines is 1. The van der Waals surface area contributed by atoms with Crippen LogP contribution in [-0.4, -0.2) is 18.1 Å². The molecular weight excluding hydrogens is 168 g/mol. The lowest BCUT2D eigenvalue weighted by Gasteiger charge is -2.15. The third-order valence-electron chi connectivity index (χ3n) is 1.78. The van der Waals surface area contributed by atoms with E-state index in [-0.39, 0.29) is 11.8 Å². The van der Waals surface area contributed by atoms with Gasteiger partial charge in [0.2, 0.25) is 5.91 Å². The molecule has 72 valence electrons. The smallest absolute Gasteiger partial charge is 0.230 e. The van der Waals surface area contributed by atoms with Crippen LogP contribution < -0.4 is 4.90 Å². The third-order valence-corrected chi connectivity index (χ3v) is 1.78. The molecule has 1 amide bonds. The summed E-state index contributed by atoms with van der Waals surface area (Å²) >= 11 is 0. The minimum absolute atomic E-state index is 0.0259. The van der Waals surface area contributed by atoms with Crippen molar-refractivity contribution in [2.45, 2.75) is 20.8 Å². The van der Waals surface area contributed by atoms with Gasteiger partial charge in [0.15, 0.2) is 5.82 Å². The summed E-state index contributed by atoms with van der Waals surface area (Å²) in [4.78, 5) is 13.0. The second-order valence-electron chi connectivity index (χ2n) is 3.35. The Balaban J connectivity index is 2.79. The van der Waals surface area contributed by atoms with Gasteiger partial charge in [-0.2, -0.15) is 0 Å². The Morgan fingerprint density at radius 3 is 2.62 bits per heavy atom. The van der Waals surface area contributed by atoms with Crippen LogP contribution in [0.15, 0.2) is 10.6 Å². The van der Waals surface area contributed by atoms with E-state index >= 15 is 0 Å². The SMILES string of the molecule is Cc1cc(N(C)C(=O)C(C)C)no1. The predicted molar refractivity (Wildman–Crippen MR) is 49.5 cm³/mol. The number of carbonyl (C=O) groups excluding carboxylic acids is 1. The van der Waals surface area contributed by atoms with Gasteiger partial charge in [0.05, 0.1) is 0 Å². The zero-order valence-electron chi connectivity index (χ0n) is 8.37. The molecule has 0 aliphatic rings. The van der Waals surface area contributed by atoms with Gasteiger partial charge in [-0.05, 0) is 6.92 Å². The van der Waals surface area contributed by atoms with Crippen LogP contribution in [0.2, 0.25) is 0 Å². The van der Waals surface area contributed by atoms with Crippen molar-refractivity contribution in [2.75, 3.05) is 11.9 Å². The average molecular weight is 182 g/mol. The van der Waals surface area contributed by atoms with Crippen molar-refractivity contribution in [2.24, 2.45) is 5.92 Å². The third kappa shape index (κ3) is 2.08. The maximum absolute atomic E-state index is 11.5. The van der Waals surface area contributed by atoms with Gasteiger partial charge in [-0.25, -0.2) is 0 Å². The van der Waals surface area contributed by atoms with Crippen molar-refractivity contribution in [1.82, 2.24) is 5.16 Å². The Labute approximate surface area is 77.5 Å². The minimum Gasteiger partial charge on any atom is -0.360 e. The van der Waals surface area contributed by atoms with E-state index < -0.39 is 0 Å². The highest BCUT2D eigenvalue weighted by Gasteiger charge is 2.16. The fourth-order valence-electron chi connectivity index (χ4n) is 1.01. The molecule has 0 unspecified atom stereocenters. The predicted octanol–water partition coefficient (Wildman–Crippen LogP) is 1.60. The van der Waals surface area contributed by atoms with Crippen LogP contribution in [0.4, 0.5) is 5.82 Å². The van der Waals surface area contributed by atoms with Gasteiger partial charge in [-0.3, -0.25) is 9.69 Å². The van der Waals surface area contributed by atoms with Crippen LogP contribution in [0.5, 0.6) is 0 Å². The topological polar surface area (TPSA) is 46.3 Å². The zero-order chi connectivity index (χ0) is 10.0. The van der Waals surface area contributed by atoms with E-state index in [4.69, 9.17) is 4.52 Å². The molecule has 0 aromatic carbocycles. The number of aryl methyl sites for hydroxylation is 1. The van der Waals surface area contributed by atoms with Crippen molar-refractivity contribution >= 4 is 11.7 Å². The molecule has 4 heteroatoms. The lowest BCUT2D eigenvalue weighted by atomic mass is 10.2. The van der Waals surface area contributed by atoms with E-state index in [1.165, 1.54) is 4.90 Å². The number of amides is 1. The normalized spacial score (nSPS) is 10.5. The van der Waals surface area contributed by atoms with Crippen LogP contribution >= 0.6 is 0 Å². The van der Waals surface area contributed by atoms with E-state index in [1.807, 2.05) is 13.8 Å². The van der Waals surface area contributed by atoms with E-state index in [1.54, 1.807) is 20.0 Å². The van der Waals surface area contributed by atoms with E-state index in [0.29, 0.717) is 11.6 Å². The Morgan fingerprint density at radius 1 is 1.62 bits per heavy atom. The van der Waals surface area contributed by atoms with Gasteiger partial charge in [-0.1, -0.05) is 19.0 Å². The highest BCUT2D eigenvalue weighted by Crippen LogP contribution is 2.14.